The molecule has 0 spiro atoms. The number of carbonyl (C=O) groups is 2. The predicted molar refractivity (Wildman–Crippen MR) is 104 cm³/mol. The van der Waals surface area contributed by atoms with Gasteiger partial charge in [0.25, 0.3) is 5.91 Å². The van der Waals surface area contributed by atoms with Crippen LogP contribution in [0.25, 0.3) is 0 Å². The third-order valence-corrected chi connectivity index (χ3v) is 4.31. The molecule has 1 atom stereocenters. The number of rotatable bonds is 4. The third kappa shape index (κ3) is 4.49. The van der Waals surface area contributed by atoms with Gasteiger partial charge >= 0.3 is 5.97 Å². The Bertz CT molecular complexity index is 913. The van der Waals surface area contributed by atoms with Crippen LogP contribution in [0.3, 0.4) is 0 Å². The summed E-state index contributed by atoms with van der Waals surface area (Å²) in [5.74, 6) is -0.280. The van der Waals surface area contributed by atoms with Crippen molar-refractivity contribution in [3.63, 3.8) is 0 Å². The van der Waals surface area contributed by atoms with Crippen LogP contribution in [-0.4, -0.2) is 35.9 Å². The molecule has 7 nitrogen and oxygen atoms in total. The maximum Gasteiger partial charge on any atom is 0.335 e. The van der Waals surface area contributed by atoms with E-state index in [4.69, 9.17) is 14.6 Å². The summed E-state index contributed by atoms with van der Waals surface area (Å²) in [5, 5.41) is 12.8. The zero-order valence-corrected chi connectivity index (χ0v) is 15.9. The van der Waals surface area contributed by atoms with Gasteiger partial charge in [0, 0.05) is 0 Å². The van der Waals surface area contributed by atoms with Crippen LogP contribution in [0.4, 0.5) is 0 Å². The van der Waals surface area contributed by atoms with E-state index in [9.17, 15) is 9.59 Å². The molecule has 0 unspecified atom stereocenters. The van der Waals surface area contributed by atoms with Gasteiger partial charge in [-0.2, -0.15) is 5.10 Å². The molecule has 0 radical (unpaired) electrons. The Morgan fingerprint density at radius 3 is 2.50 bits per heavy atom. The van der Waals surface area contributed by atoms with Gasteiger partial charge in [0.05, 0.1) is 11.8 Å². The smallest absolute Gasteiger partial charge is 0.335 e. The maximum atomic E-state index is 12.3. The monoisotopic (exact) mass is 382 g/mol. The van der Waals surface area contributed by atoms with Crippen molar-refractivity contribution in [2.45, 2.75) is 32.3 Å². The minimum absolute atomic E-state index is 0.0475. The molecule has 1 aliphatic rings. The van der Waals surface area contributed by atoms with E-state index in [1.807, 2.05) is 18.2 Å². The lowest BCUT2D eigenvalue weighted by Gasteiger charge is -2.27. The van der Waals surface area contributed by atoms with Crippen LogP contribution in [0.1, 0.15) is 42.3 Å². The summed E-state index contributed by atoms with van der Waals surface area (Å²) in [6.07, 6.45) is 0.619. The standard InChI is InChI=1S/C21H22N2O5/c1-21(2,3)15-8-9-16-17(10-15)28-18(12-27-16)19(24)23-22-11-13-4-6-14(7-5-13)20(25)26/h4-11,18H,12H2,1-3H3,(H,23,24)(H,25,26)/t18-/m0/s1. The van der Waals surface area contributed by atoms with Crippen molar-refractivity contribution in [3.8, 4) is 11.5 Å². The zero-order chi connectivity index (χ0) is 20.3. The van der Waals surface area contributed by atoms with Crippen molar-refractivity contribution in [2.24, 2.45) is 5.10 Å². The minimum atomic E-state index is -0.999. The molecule has 146 valence electrons. The Morgan fingerprint density at radius 1 is 1.14 bits per heavy atom. The van der Waals surface area contributed by atoms with Gasteiger partial charge in [0.1, 0.15) is 6.61 Å². The second kappa shape index (κ2) is 7.72. The van der Waals surface area contributed by atoms with Crippen LogP contribution >= 0.6 is 0 Å². The van der Waals surface area contributed by atoms with Gasteiger partial charge in [-0.15, -0.1) is 0 Å². The molecule has 0 saturated heterocycles. The van der Waals surface area contributed by atoms with Crippen LogP contribution < -0.4 is 14.9 Å². The first-order valence-corrected chi connectivity index (χ1v) is 8.84. The maximum absolute atomic E-state index is 12.3. The largest absolute Gasteiger partial charge is 0.485 e. The van der Waals surface area contributed by atoms with E-state index in [0.717, 1.165) is 5.56 Å². The van der Waals surface area contributed by atoms with Gasteiger partial charge in [0.15, 0.2) is 11.5 Å². The molecule has 1 aliphatic heterocycles. The van der Waals surface area contributed by atoms with Gasteiger partial charge in [-0.3, -0.25) is 4.79 Å². The van der Waals surface area contributed by atoms with Gasteiger partial charge < -0.3 is 14.6 Å². The van der Waals surface area contributed by atoms with Crippen LogP contribution in [0.5, 0.6) is 11.5 Å². The van der Waals surface area contributed by atoms with Crippen LogP contribution in [0.2, 0.25) is 0 Å². The van der Waals surface area contributed by atoms with Crippen molar-refractivity contribution >= 4 is 18.1 Å². The second-order valence-corrected chi connectivity index (χ2v) is 7.49. The predicted octanol–water partition coefficient (Wildman–Crippen LogP) is 2.97. The Morgan fingerprint density at radius 2 is 1.86 bits per heavy atom. The molecule has 0 aromatic heterocycles. The molecule has 0 aliphatic carbocycles. The number of nitrogens with zero attached hydrogens (tertiary/aromatic N) is 1. The number of amides is 1. The first kappa shape index (κ1) is 19.4. The average Bonchev–Trinajstić information content (AvgIpc) is 2.66. The molecule has 2 N–H and O–H groups in total. The Labute approximate surface area is 163 Å². The first-order valence-electron chi connectivity index (χ1n) is 8.84. The van der Waals surface area contributed by atoms with E-state index in [0.29, 0.717) is 17.1 Å². The van der Waals surface area contributed by atoms with Crippen molar-refractivity contribution in [1.29, 1.82) is 0 Å². The zero-order valence-electron chi connectivity index (χ0n) is 15.9. The van der Waals surface area contributed by atoms with Gasteiger partial charge in [-0.1, -0.05) is 39.0 Å². The van der Waals surface area contributed by atoms with Crippen molar-refractivity contribution in [2.75, 3.05) is 6.61 Å². The van der Waals surface area contributed by atoms with Gasteiger partial charge in [-0.05, 0) is 40.8 Å². The number of carboxylic acid groups (broad SMARTS) is 1. The lowest BCUT2D eigenvalue weighted by atomic mass is 9.87. The normalized spacial score (nSPS) is 16.0. The van der Waals surface area contributed by atoms with Crippen LogP contribution in [0, 0.1) is 0 Å². The molecule has 0 fully saturated rings. The number of benzene rings is 2. The summed E-state index contributed by atoms with van der Waals surface area (Å²) in [6.45, 7) is 6.39. The molecule has 0 saturated carbocycles. The van der Waals surface area contributed by atoms with E-state index in [2.05, 4.69) is 31.3 Å². The first-order chi connectivity index (χ1) is 13.2. The van der Waals surface area contributed by atoms with E-state index in [1.165, 1.54) is 18.3 Å². The fraction of sp³-hybridized carbons (Fsp3) is 0.286. The lowest BCUT2D eigenvalue weighted by molar-refractivity contribution is -0.130. The Hall–Kier alpha value is -3.35. The SMILES string of the molecule is CC(C)(C)c1ccc2c(c1)O[C@H](C(=O)NN=Cc1ccc(C(=O)O)cc1)CO2. The number of hydrogen-bond acceptors (Lipinski definition) is 5. The topological polar surface area (TPSA) is 97.2 Å². The fourth-order valence-corrected chi connectivity index (χ4v) is 2.62. The third-order valence-electron chi connectivity index (χ3n) is 4.31. The van der Waals surface area contributed by atoms with Crippen molar-refractivity contribution in [3.05, 3.63) is 59.2 Å². The highest BCUT2D eigenvalue weighted by atomic mass is 16.6. The number of ether oxygens (including phenoxy) is 2. The highest BCUT2D eigenvalue weighted by Crippen LogP contribution is 2.36. The van der Waals surface area contributed by atoms with E-state index in [-0.39, 0.29) is 17.6 Å². The highest BCUT2D eigenvalue weighted by molar-refractivity contribution is 5.89. The van der Waals surface area contributed by atoms with E-state index < -0.39 is 18.0 Å². The summed E-state index contributed by atoms with van der Waals surface area (Å²) in [7, 11) is 0. The summed E-state index contributed by atoms with van der Waals surface area (Å²) in [4.78, 5) is 23.2. The second-order valence-electron chi connectivity index (χ2n) is 7.49. The molecule has 1 heterocycles. The highest BCUT2D eigenvalue weighted by Gasteiger charge is 2.28. The number of fused-ring (bicyclic) bond motifs is 1. The molecule has 2 aromatic rings. The number of carboxylic acids is 1. The minimum Gasteiger partial charge on any atom is -0.485 e. The molecule has 28 heavy (non-hydrogen) atoms. The van der Waals surface area contributed by atoms with E-state index >= 15 is 0 Å². The molecular weight excluding hydrogens is 360 g/mol. The van der Waals surface area contributed by atoms with E-state index in [1.54, 1.807) is 12.1 Å². The van der Waals surface area contributed by atoms with Crippen molar-refractivity contribution in [1.82, 2.24) is 5.43 Å². The summed E-state index contributed by atoms with van der Waals surface area (Å²) in [6, 6.07) is 11.9. The number of hydrazone groups is 1. The molecule has 2 aromatic carbocycles. The summed E-state index contributed by atoms with van der Waals surface area (Å²) >= 11 is 0. The number of aromatic carboxylic acids is 1. The number of hydrogen-bond donors (Lipinski definition) is 2. The number of nitrogens with one attached hydrogen (secondary N) is 1. The average molecular weight is 382 g/mol. The Balaban J connectivity index is 1.62. The summed E-state index contributed by atoms with van der Waals surface area (Å²) in [5.41, 5.74) is 4.30. The molecule has 3 rings (SSSR count). The molecule has 1 amide bonds. The van der Waals surface area contributed by atoms with Gasteiger partial charge in [-0.25, -0.2) is 10.2 Å². The van der Waals surface area contributed by atoms with Crippen LogP contribution in [-0.2, 0) is 10.2 Å². The summed E-state index contributed by atoms with van der Waals surface area (Å²) < 4.78 is 11.4. The number of carbonyl (C=O) groups excluding carboxylic acids is 1. The van der Waals surface area contributed by atoms with Crippen LogP contribution in [0.15, 0.2) is 47.6 Å². The molecule has 7 heteroatoms. The van der Waals surface area contributed by atoms with Gasteiger partial charge in [0.2, 0.25) is 6.10 Å². The molecule has 0 bridgehead atoms. The molecular formula is C21H22N2O5. The lowest BCUT2D eigenvalue weighted by Crippen LogP contribution is -2.42. The van der Waals surface area contributed by atoms with Crippen molar-refractivity contribution < 1.29 is 24.2 Å². The fourth-order valence-electron chi connectivity index (χ4n) is 2.62. The quantitative estimate of drug-likeness (QED) is 0.626. The Kier molecular flexibility index (Phi) is 5.35.